The Morgan fingerprint density at radius 3 is 2.37 bits per heavy atom. The molecule has 0 saturated carbocycles. The molecule has 0 saturated heterocycles. The van der Waals surface area contributed by atoms with E-state index in [2.05, 4.69) is 83.5 Å². The van der Waals surface area contributed by atoms with E-state index in [9.17, 15) is 0 Å². The SMILES string of the molecule is CCN(CC)c1ccc(Nc2cc(C)nc(NCCCN(C)C)n2)c(C)c1. The molecule has 1 aromatic heterocycles. The molecule has 1 aromatic carbocycles. The Morgan fingerprint density at radius 1 is 1.00 bits per heavy atom. The minimum atomic E-state index is 0.675. The summed E-state index contributed by atoms with van der Waals surface area (Å²) in [4.78, 5) is 13.6. The molecule has 0 spiro atoms. The normalized spacial score (nSPS) is 10.9. The van der Waals surface area contributed by atoms with Gasteiger partial charge in [-0.2, -0.15) is 4.98 Å². The lowest BCUT2D eigenvalue weighted by atomic mass is 10.1. The summed E-state index contributed by atoms with van der Waals surface area (Å²) in [5, 5.41) is 6.77. The van der Waals surface area contributed by atoms with Crippen LogP contribution in [0.4, 0.5) is 23.1 Å². The first-order chi connectivity index (χ1) is 12.9. The Kier molecular flexibility index (Phi) is 7.85. The zero-order chi connectivity index (χ0) is 19.8. The molecule has 0 fully saturated rings. The molecular formula is C21H34N6. The van der Waals surface area contributed by atoms with Crippen LogP contribution < -0.4 is 15.5 Å². The monoisotopic (exact) mass is 370 g/mol. The summed E-state index contributed by atoms with van der Waals surface area (Å²) in [6.07, 6.45) is 1.05. The van der Waals surface area contributed by atoms with Crippen LogP contribution in [0, 0.1) is 13.8 Å². The smallest absolute Gasteiger partial charge is 0.224 e. The van der Waals surface area contributed by atoms with Gasteiger partial charge in [-0.05, 0) is 78.5 Å². The van der Waals surface area contributed by atoms with Gasteiger partial charge in [-0.15, -0.1) is 0 Å². The van der Waals surface area contributed by atoms with E-state index in [1.54, 1.807) is 0 Å². The van der Waals surface area contributed by atoms with E-state index >= 15 is 0 Å². The van der Waals surface area contributed by atoms with Crippen LogP contribution >= 0.6 is 0 Å². The Hall–Kier alpha value is -2.34. The van der Waals surface area contributed by atoms with E-state index in [1.165, 1.54) is 11.3 Å². The number of nitrogens with zero attached hydrogens (tertiary/aromatic N) is 4. The molecule has 0 bridgehead atoms. The number of nitrogens with one attached hydrogen (secondary N) is 2. The lowest BCUT2D eigenvalue weighted by Crippen LogP contribution is -2.21. The summed E-state index contributed by atoms with van der Waals surface area (Å²) >= 11 is 0. The van der Waals surface area contributed by atoms with Gasteiger partial charge < -0.3 is 20.4 Å². The summed E-state index contributed by atoms with van der Waals surface area (Å²) in [6.45, 7) is 12.4. The van der Waals surface area contributed by atoms with Crippen LogP contribution in [-0.2, 0) is 0 Å². The van der Waals surface area contributed by atoms with Gasteiger partial charge in [0, 0.05) is 42.8 Å². The fourth-order valence-corrected chi connectivity index (χ4v) is 3.02. The second kappa shape index (κ2) is 10.1. The lowest BCUT2D eigenvalue weighted by Gasteiger charge is -2.22. The van der Waals surface area contributed by atoms with Gasteiger partial charge in [-0.1, -0.05) is 0 Å². The molecule has 0 aliphatic heterocycles. The van der Waals surface area contributed by atoms with E-state index in [0.717, 1.165) is 49.8 Å². The van der Waals surface area contributed by atoms with Crippen LogP contribution in [0.2, 0.25) is 0 Å². The number of anilines is 4. The van der Waals surface area contributed by atoms with Gasteiger partial charge in [0.15, 0.2) is 0 Å². The molecule has 2 rings (SSSR count). The van der Waals surface area contributed by atoms with Crippen molar-refractivity contribution >= 4 is 23.1 Å². The third-order valence-electron chi connectivity index (χ3n) is 4.52. The first-order valence-electron chi connectivity index (χ1n) is 9.79. The number of hydrogen-bond acceptors (Lipinski definition) is 6. The number of aryl methyl sites for hydroxylation is 2. The van der Waals surface area contributed by atoms with Crippen molar-refractivity contribution in [2.75, 3.05) is 55.8 Å². The van der Waals surface area contributed by atoms with Crippen LogP contribution in [0.3, 0.4) is 0 Å². The molecule has 0 amide bonds. The maximum absolute atomic E-state index is 4.62. The Balaban J connectivity index is 2.08. The van der Waals surface area contributed by atoms with Gasteiger partial charge in [0.1, 0.15) is 5.82 Å². The lowest BCUT2D eigenvalue weighted by molar-refractivity contribution is 0.405. The van der Waals surface area contributed by atoms with Crippen molar-refractivity contribution in [2.24, 2.45) is 0 Å². The molecule has 2 aromatic rings. The van der Waals surface area contributed by atoms with Gasteiger partial charge in [0.2, 0.25) is 5.95 Å². The summed E-state index contributed by atoms with van der Waals surface area (Å²) in [6, 6.07) is 8.49. The third-order valence-corrected chi connectivity index (χ3v) is 4.52. The van der Waals surface area contributed by atoms with Gasteiger partial charge >= 0.3 is 0 Å². The molecule has 2 N–H and O–H groups in total. The fraction of sp³-hybridized carbons (Fsp3) is 0.524. The first-order valence-corrected chi connectivity index (χ1v) is 9.79. The van der Waals surface area contributed by atoms with Gasteiger partial charge in [0.25, 0.3) is 0 Å². The standard InChI is InChI=1S/C21H34N6/c1-7-27(8-2)18-10-11-19(16(3)14-18)24-20-15-17(4)23-21(25-20)22-12-9-13-26(5)6/h10-11,14-15H,7-9,12-13H2,1-6H3,(H2,22,23,24,25). The topological polar surface area (TPSA) is 56.3 Å². The number of benzene rings is 1. The van der Waals surface area contributed by atoms with Crippen molar-refractivity contribution in [3.05, 3.63) is 35.5 Å². The van der Waals surface area contributed by atoms with Crippen LogP contribution in [-0.4, -0.2) is 55.1 Å². The predicted octanol–water partition coefficient (Wildman–Crippen LogP) is 4.05. The zero-order valence-corrected chi connectivity index (χ0v) is 17.6. The quantitative estimate of drug-likeness (QED) is 0.616. The highest BCUT2D eigenvalue weighted by molar-refractivity contribution is 5.65. The highest BCUT2D eigenvalue weighted by Gasteiger charge is 2.07. The van der Waals surface area contributed by atoms with Crippen molar-refractivity contribution in [1.82, 2.24) is 14.9 Å². The second-order valence-electron chi connectivity index (χ2n) is 7.10. The molecule has 6 heteroatoms. The van der Waals surface area contributed by atoms with Crippen molar-refractivity contribution < 1.29 is 0 Å². The maximum Gasteiger partial charge on any atom is 0.224 e. The summed E-state index contributed by atoms with van der Waals surface area (Å²) in [5.74, 6) is 1.49. The van der Waals surface area contributed by atoms with Crippen molar-refractivity contribution in [2.45, 2.75) is 34.1 Å². The van der Waals surface area contributed by atoms with E-state index in [-0.39, 0.29) is 0 Å². The average Bonchev–Trinajstić information content (AvgIpc) is 2.61. The van der Waals surface area contributed by atoms with E-state index < -0.39 is 0 Å². The van der Waals surface area contributed by atoms with Crippen molar-refractivity contribution in [3.63, 3.8) is 0 Å². The zero-order valence-electron chi connectivity index (χ0n) is 17.6. The minimum absolute atomic E-state index is 0.675. The molecule has 6 nitrogen and oxygen atoms in total. The predicted molar refractivity (Wildman–Crippen MR) is 116 cm³/mol. The molecule has 0 atom stereocenters. The number of rotatable bonds is 10. The van der Waals surface area contributed by atoms with Crippen LogP contribution in [0.1, 0.15) is 31.5 Å². The Morgan fingerprint density at radius 2 is 1.74 bits per heavy atom. The Bertz CT molecular complexity index is 725. The second-order valence-corrected chi connectivity index (χ2v) is 7.10. The van der Waals surface area contributed by atoms with Crippen molar-refractivity contribution in [3.8, 4) is 0 Å². The number of hydrogen-bond donors (Lipinski definition) is 2. The minimum Gasteiger partial charge on any atom is -0.372 e. The summed E-state index contributed by atoms with van der Waals surface area (Å²) in [5.41, 5.74) is 4.48. The molecule has 0 aliphatic rings. The summed E-state index contributed by atoms with van der Waals surface area (Å²) < 4.78 is 0. The molecule has 148 valence electrons. The average molecular weight is 371 g/mol. The Labute approximate surface area is 164 Å². The van der Waals surface area contributed by atoms with Gasteiger partial charge in [-0.25, -0.2) is 4.98 Å². The molecular weight excluding hydrogens is 336 g/mol. The van der Waals surface area contributed by atoms with Gasteiger partial charge in [-0.3, -0.25) is 0 Å². The summed E-state index contributed by atoms with van der Waals surface area (Å²) in [7, 11) is 4.16. The highest BCUT2D eigenvalue weighted by atomic mass is 15.1. The van der Waals surface area contributed by atoms with Crippen molar-refractivity contribution in [1.29, 1.82) is 0 Å². The number of aromatic nitrogens is 2. The molecule has 27 heavy (non-hydrogen) atoms. The van der Waals surface area contributed by atoms with E-state index in [1.807, 2.05) is 13.0 Å². The van der Waals surface area contributed by atoms with Crippen LogP contribution in [0.15, 0.2) is 24.3 Å². The first kappa shape index (κ1) is 21.0. The highest BCUT2D eigenvalue weighted by Crippen LogP contribution is 2.25. The molecule has 1 heterocycles. The molecule has 0 aliphatic carbocycles. The van der Waals surface area contributed by atoms with E-state index in [4.69, 9.17) is 0 Å². The molecule has 0 radical (unpaired) electrons. The maximum atomic E-state index is 4.62. The van der Waals surface area contributed by atoms with E-state index in [0.29, 0.717) is 5.95 Å². The fourth-order valence-electron chi connectivity index (χ4n) is 3.02. The van der Waals surface area contributed by atoms with Gasteiger partial charge in [0.05, 0.1) is 0 Å². The van der Waals surface area contributed by atoms with Crippen LogP contribution in [0.25, 0.3) is 0 Å². The third kappa shape index (κ3) is 6.40. The largest absolute Gasteiger partial charge is 0.372 e. The molecule has 0 unspecified atom stereocenters. The van der Waals surface area contributed by atoms with Crippen LogP contribution in [0.5, 0.6) is 0 Å².